The normalized spacial score (nSPS) is 10.7. The van der Waals surface area contributed by atoms with E-state index < -0.39 is 0 Å². The third-order valence-electron chi connectivity index (χ3n) is 2.83. The van der Waals surface area contributed by atoms with Crippen LogP contribution in [0.1, 0.15) is 11.4 Å². The van der Waals surface area contributed by atoms with E-state index in [4.69, 9.17) is 10.3 Å². The first kappa shape index (κ1) is 12.8. The van der Waals surface area contributed by atoms with Crippen molar-refractivity contribution in [1.82, 2.24) is 15.1 Å². The highest BCUT2D eigenvalue weighted by atomic mass is 79.9. The number of nitrogen functional groups attached to an aromatic ring is 1. The quantitative estimate of drug-likeness (QED) is 0.746. The molecule has 0 radical (unpaired) electrons. The van der Waals surface area contributed by atoms with E-state index in [9.17, 15) is 0 Å². The maximum atomic E-state index is 5.75. The molecule has 20 heavy (non-hydrogen) atoms. The monoisotopic (exact) mass is 330 g/mol. The Labute approximate surface area is 124 Å². The van der Waals surface area contributed by atoms with E-state index in [-0.39, 0.29) is 0 Å². The van der Waals surface area contributed by atoms with Crippen molar-refractivity contribution in [3.63, 3.8) is 0 Å². The van der Waals surface area contributed by atoms with Crippen LogP contribution in [0.15, 0.2) is 51.7 Å². The van der Waals surface area contributed by atoms with Gasteiger partial charge in [0.15, 0.2) is 5.82 Å². The SMILES string of the molecule is Nc1ccc(-c2nc(Cc3ccncc3)no2)cc1Br. The molecule has 0 amide bonds. The van der Waals surface area contributed by atoms with Crippen molar-refractivity contribution in [2.24, 2.45) is 0 Å². The van der Waals surface area contributed by atoms with Crippen LogP contribution in [0.3, 0.4) is 0 Å². The van der Waals surface area contributed by atoms with Gasteiger partial charge in [0.1, 0.15) is 0 Å². The standard InChI is InChI=1S/C14H11BrN4O/c15-11-8-10(1-2-12(11)16)14-18-13(19-20-14)7-9-3-5-17-6-4-9/h1-6,8H,7,16H2. The van der Waals surface area contributed by atoms with Gasteiger partial charge >= 0.3 is 0 Å². The lowest BCUT2D eigenvalue weighted by molar-refractivity contribution is 0.424. The predicted molar refractivity (Wildman–Crippen MR) is 78.9 cm³/mol. The third kappa shape index (κ3) is 2.70. The van der Waals surface area contributed by atoms with Crippen LogP contribution in [0, 0.1) is 0 Å². The first-order chi connectivity index (χ1) is 9.72. The highest BCUT2D eigenvalue weighted by Crippen LogP contribution is 2.26. The first-order valence-electron chi connectivity index (χ1n) is 5.99. The molecule has 0 spiro atoms. The van der Waals surface area contributed by atoms with Crippen molar-refractivity contribution in [2.75, 3.05) is 5.73 Å². The fraction of sp³-hybridized carbons (Fsp3) is 0.0714. The summed E-state index contributed by atoms with van der Waals surface area (Å²) in [6, 6.07) is 9.36. The number of hydrogen-bond acceptors (Lipinski definition) is 5. The van der Waals surface area contributed by atoms with Crippen molar-refractivity contribution >= 4 is 21.6 Å². The predicted octanol–water partition coefficient (Wildman–Crippen LogP) is 3.07. The number of nitrogens with two attached hydrogens (primary N) is 1. The Morgan fingerprint density at radius 2 is 1.95 bits per heavy atom. The van der Waals surface area contributed by atoms with Gasteiger partial charge in [-0.15, -0.1) is 0 Å². The number of pyridine rings is 1. The lowest BCUT2D eigenvalue weighted by atomic mass is 10.2. The maximum Gasteiger partial charge on any atom is 0.257 e. The summed E-state index contributed by atoms with van der Waals surface area (Å²) in [4.78, 5) is 8.36. The van der Waals surface area contributed by atoms with Gasteiger partial charge in [-0.1, -0.05) is 5.16 Å². The summed E-state index contributed by atoms with van der Waals surface area (Å²) < 4.78 is 6.09. The highest BCUT2D eigenvalue weighted by Gasteiger charge is 2.10. The summed E-state index contributed by atoms with van der Waals surface area (Å²) in [6.45, 7) is 0. The summed E-state index contributed by atoms with van der Waals surface area (Å²) in [7, 11) is 0. The summed E-state index contributed by atoms with van der Waals surface area (Å²) in [5.74, 6) is 1.12. The van der Waals surface area contributed by atoms with Crippen molar-refractivity contribution in [3.05, 3.63) is 58.6 Å². The molecular formula is C14H11BrN4O. The number of benzene rings is 1. The van der Waals surface area contributed by atoms with Crippen LogP contribution in [0.25, 0.3) is 11.5 Å². The van der Waals surface area contributed by atoms with Gasteiger partial charge < -0.3 is 10.3 Å². The fourth-order valence-corrected chi connectivity index (χ4v) is 2.17. The largest absolute Gasteiger partial charge is 0.398 e. The molecule has 0 aliphatic carbocycles. The second-order valence-electron chi connectivity index (χ2n) is 4.28. The summed E-state index contributed by atoms with van der Waals surface area (Å²) in [5, 5.41) is 3.99. The molecule has 0 bridgehead atoms. The van der Waals surface area contributed by atoms with Gasteiger partial charge in [-0.3, -0.25) is 4.98 Å². The van der Waals surface area contributed by atoms with Crippen LogP contribution in [-0.2, 0) is 6.42 Å². The highest BCUT2D eigenvalue weighted by molar-refractivity contribution is 9.10. The molecule has 2 heterocycles. The Morgan fingerprint density at radius 1 is 1.15 bits per heavy atom. The molecule has 0 aliphatic rings. The molecule has 2 aromatic heterocycles. The fourth-order valence-electron chi connectivity index (χ4n) is 1.79. The minimum Gasteiger partial charge on any atom is -0.398 e. The third-order valence-corrected chi connectivity index (χ3v) is 3.51. The molecule has 6 heteroatoms. The molecule has 5 nitrogen and oxygen atoms in total. The van der Waals surface area contributed by atoms with Crippen molar-refractivity contribution in [2.45, 2.75) is 6.42 Å². The van der Waals surface area contributed by atoms with E-state index in [2.05, 4.69) is 31.1 Å². The molecular weight excluding hydrogens is 320 g/mol. The van der Waals surface area contributed by atoms with Crippen LogP contribution in [0.4, 0.5) is 5.69 Å². The Bertz CT molecular complexity index is 727. The Morgan fingerprint density at radius 3 is 2.70 bits per heavy atom. The molecule has 0 unspecified atom stereocenters. The topological polar surface area (TPSA) is 77.8 Å². The second kappa shape index (κ2) is 5.42. The first-order valence-corrected chi connectivity index (χ1v) is 6.78. The Balaban J connectivity index is 1.84. The summed E-state index contributed by atoms with van der Waals surface area (Å²) in [5.41, 5.74) is 8.35. The molecule has 1 aromatic carbocycles. The van der Waals surface area contributed by atoms with Gasteiger partial charge in [0.2, 0.25) is 0 Å². The zero-order chi connectivity index (χ0) is 13.9. The van der Waals surface area contributed by atoms with E-state index in [1.807, 2.05) is 24.3 Å². The van der Waals surface area contributed by atoms with Crippen molar-refractivity contribution < 1.29 is 4.52 Å². The average Bonchev–Trinajstić information content (AvgIpc) is 2.91. The molecule has 3 rings (SSSR count). The summed E-state index contributed by atoms with van der Waals surface area (Å²) in [6.07, 6.45) is 4.10. The van der Waals surface area contributed by atoms with Crippen LogP contribution in [-0.4, -0.2) is 15.1 Å². The van der Waals surface area contributed by atoms with Gasteiger partial charge in [-0.05, 0) is 51.8 Å². The maximum absolute atomic E-state index is 5.75. The summed E-state index contributed by atoms with van der Waals surface area (Å²) >= 11 is 3.38. The number of anilines is 1. The molecule has 0 atom stereocenters. The van der Waals surface area contributed by atoms with E-state index >= 15 is 0 Å². The molecule has 2 N–H and O–H groups in total. The average molecular weight is 331 g/mol. The number of nitrogens with zero attached hydrogens (tertiary/aromatic N) is 3. The van der Waals surface area contributed by atoms with E-state index in [1.54, 1.807) is 18.5 Å². The second-order valence-corrected chi connectivity index (χ2v) is 5.14. The van der Waals surface area contributed by atoms with E-state index in [0.717, 1.165) is 15.6 Å². The van der Waals surface area contributed by atoms with Gasteiger partial charge in [-0.25, -0.2) is 0 Å². The van der Waals surface area contributed by atoms with Gasteiger partial charge in [0.05, 0.1) is 0 Å². The van der Waals surface area contributed by atoms with Crippen LogP contribution >= 0.6 is 15.9 Å². The van der Waals surface area contributed by atoms with Gasteiger partial charge in [0.25, 0.3) is 5.89 Å². The van der Waals surface area contributed by atoms with E-state index in [0.29, 0.717) is 23.8 Å². The minimum absolute atomic E-state index is 0.481. The number of rotatable bonds is 3. The minimum atomic E-state index is 0.481. The molecule has 100 valence electrons. The van der Waals surface area contributed by atoms with Gasteiger partial charge in [-0.2, -0.15) is 4.98 Å². The lowest BCUT2D eigenvalue weighted by Gasteiger charge is -1.99. The van der Waals surface area contributed by atoms with Crippen LogP contribution in [0.5, 0.6) is 0 Å². The number of halogens is 1. The Kier molecular flexibility index (Phi) is 3.47. The molecule has 0 aliphatic heterocycles. The Hall–Kier alpha value is -2.21. The number of aromatic nitrogens is 3. The van der Waals surface area contributed by atoms with Crippen molar-refractivity contribution in [1.29, 1.82) is 0 Å². The lowest BCUT2D eigenvalue weighted by Crippen LogP contribution is -1.91. The molecule has 3 aromatic rings. The van der Waals surface area contributed by atoms with Crippen LogP contribution in [0.2, 0.25) is 0 Å². The number of hydrogen-bond donors (Lipinski definition) is 1. The van der Waals surface area contributed by atoms with E-state index in [1.165, 1.54) is 0 Å². The van der Waals surface area contributed by atoms with Gasteiger partial charge in [0, 0.05) is 34.5 Å². The zero-order valence-corrected chi connectivity index (χ0v) is 12.0. The van der Waals surface area contributed by atoms with Crippen molar-refractivity contribution in [3.8, 4) is 11.5 Å². The smallest absolute Gasteiger partial charge is 0.257 e. The molecule has 0 saturated heterocycles. The van der Waals surface area contributed by atoms with Crippen LogP contribution < -0.4 is 5.73 Å². The molecule has 0 saturated carbocycles. The molecule has 0 fully saturated rings. The zero-order valence-electron chi connectivity index (χ0n) is 10.5.